The van der Waals surface area contributed by atoms with Crippen molar-refractivity contribution in [3.05, 3.63) is 53.5 Å². The van der Waals surface area contributed by atoms with Crippen molar-refractivity contribution >= 4 is 28.9 Å². The molecule has 2 N–H and O–H groups in total. The number of piperidine rings is 2. The lowest BCUT2D eigenvalue weighted by atomic mass is 9.72. The number of aromatic nitrogens is 1. The lowest BCUT2D eigenvalue weighted by Gasteiger charge is -2.53. The van der Waals surface area contributed by atoms with Gasteiger partial charge in [-0.2, -0.15) is 13.2 Å². The third-order valence-corrected chi connectivity index (χ3v) is 9.57. The van der Waals surface area contributed by atoms with Crippen molar-refractivity contribution in [3.63, 3.8) is 0 Å². The Morgan fingerprint density at radius 1 is 1.02 bits per heavy atom. The van der Waals surface area contributed by atoms with Crippen LogP contribution in [0.4, 0.5) is 40.8 Å². The topological polar surface area (TPSA) is 71.3 Å². The molecule has 5 heterocycles. The average Bonchev–Trinajstić information content (AvgIpc) is 3.01. The number of alkyl halides is 3. The number of pyridine rings is 1. The highest BCUT2D eigenvalue weighted by atomic mass is 19.4. The third-order valence-electron chi connectivity index (χ3n) is 9.57. The number of likely N-dealkylation sites (tertiary alicyclic amines) is 1. The molecule has 0 unspecified atom stereocenters. The lowest BCUT2D eigenvalue weighted by Crippen LogP contribution is -2.60. The Hall–Kier alpha value is -3.56. The molecule has 0 saturated carbocycles. The quantitative estimate of drug-likeness (QED) is 0.479. The normalized spacial score (nSPS) is 21.4. The van der Waals surface area contributed by atoms with Crippen molar-refractivity contribution in [2.45, 2.75) is 31.9 Å². The van der Waals surface area contributed by atoms with E-state index in [1.807, 2.05) is 12.1 Å². The van der Waals surface area contributed by atoms with E-state index in [1.165, 1.54) is 57.5 Å². The highest BCUT2D eigenvalue weighted by Gasteiger charge is 2.43. The molecule has 12 heteroatoms. The Morgan fingerprint density at radius 3 is 2.37 bits per heavy atom. The number of benzene rings is 1. The molecule has 0 aliphatic carbocycles. The smallest absolute Gasteiger partial charge is 0.368 e. The van der Waals surface area contributed by atoms with Crippen LogP contribution in [0.15, 0.2) is 36.5 Å². The van der Waals surface area contributed by atoms with Crippen LogP contribution >= 0.6 is 0 Å². The van der Waals surface area contributed by atoms with Gasteiger partial charge in [0, 0.05) is 64.6 Å². The first-order valence-corrected chi connectivity index (χ1v) is 15.3. The van der Waals surface area contributed by atoms with E-state index in [-0.39, 0.29) is 6.03 Å². The van der Waals surface area contributed by atoms with Gasteiger partial charge in [-0.25, -0.2) is 14.6 Å². The Kier molecular flexibility index (Phi) is 8.38. The van der Waals surface area contributed by atoms with Gasteiger partial charge in [0.1, 0.15) is 5.82 Å². The second-order valence-corrected chi connectivity index (χ2v) is 12.5. The predicted molar refractivity (Wildman–Crippen MR) is 161 cm³/mol. The fraction of sp³-hybridized carbons (Fsp3) is 0.581. The monoisotopic (exact) mass is 596 g/mol. The number of hydrogen-bond donors (Lipinski definition) is 2. The van der Waals surface area contributed by atoms with Crippen LogP contribution in [0.2, 0.25) is 0 Å². The van der Waals surface area contributed by atoms with Crippen LogP contribution < -0.4 is 20.4 Å². The molecule has 4 aliphatic heterocycles. The Balaban J connectivity index is 0.939. The van der Waals surface area contributed by atoms with Crippen LogP contribution in [-0.4, -0.2) is 92.8 Å². The maximum atomic E-state index is 13.4. The van der Waals surface area contributed by atoms with Crippen LogP contribution in [-0.2, 0) is 6.18 Å². The first-order chi connectivity index (χ1) is 20.7. The Labute approximate surface area is 250 Å². The van der Waals surface area contributed by atoms with Crippen LogP contribution in [0.1, 0.15) is 31.2 Å². The highest BCUT2D eigenvalue weighted by molar-refractivity contribution is 5.89. The minimum atomic E-state index is -4.60. The molecule has 4 aliphatic rings. The van der Waals surface area contributed by atoms with Crippen molar-refractivity contribution < 1.29 is 18.0 Å². The summed E-state index contributed by atoms with van der Waals surface area (Å²) in [6.45, 7) is 16.6. The van der Waals surface area contributed by atoms with Crippen LogP contribution in [0.5, 0.6) is 0 Å². The number of carbonyl (C=O) groups is 1. The lowest BCUT2D eigenvalue weighted by molar-refractivity contribution is -0.136. The maximum Gasteiger partial charge on any atom is 0.407 e. The molecule has 0 radical (unpaired) electrons. The molecule has 6 rings (SSSR count). The van der Waals surface area contributed by atoms with Gasteiger partial charge in [0.25, 0.3) is 0 Å². The van der Waals surface area contributed by atoms with Gasteiger partial charge < -0.3 is 30.2 Å². The summed E-state index contributed by atoms with van der Waals surface area (Å²) in [5.41, 5.74) is 0.247. The molecule has 1 aromatic heterocycles. The van der Waals surface area contributed by atoms with Crippen molar-refractivity contribution in [2.75, 3.05) is 87.1 Å². The number of halogens is 3. The van der Waals surface area contributed by atoms with Crippen LogP contribution in [0.3, 0.4) is 0 Å². The van der Waals surface area contributed by atoms with Gasteiger partial charge in [-0.05, 0) is 74.4 Å². The number of hydrogen-bond acceptors (Lipinski definition) is 6. The molecule has 230 valence electrons. The highest BCUT2D eigenvalue weighted by Crippen LogP contribution is 2.40. The summed E-state index contributed by atoms with van der Waals surface area (Å²) in [6, 6.07) is 7.33. The van der Waals surface area contributed by atoms with Crippen molar-refractivity contribution in [1.29, 1.82) is 0 Å². The molecule has 9 nitrogen and oxygen atoms in total. The number of rotatable bonds is 5. The second-order valence-electron chi connectivity index (χ2n) is 12.5. The Morgan fingerprint density at radius 2 is 1.74 bits per heavy atom. The number of nitrogens with zero attached hydrogens (tertiary/aromatic N) is 6. The first-order valence-electron chi connectivity index (χ1n) is 15.3. The fourth-order valence-electron chi connectivity index (χ4n) is 7.08. The van der Waals surface area contributed by atoms with E-state index >= 15 is 0 Å². The van der Waals surface area contributed by atoms with E-state index in [2.05, 4.69) is 30.3 Å². The van der Waals surface area contributed by atoms with Crippen molar-refractivity contribution in [3.8, 4) is 0 Å². The number of nitrogens with one attached hydrogen (secondary N) is 2. The van der Waals surface area contributed by atoms with Gasteiger partial charge in [-0.3, -0.25) is 0 Å². The zero-order chi connectivity index (χ0) is 30.0. The minimum absolute atomic E-state index is 0.258. The summed E-state index contributed by atoms with van der Waals surface area (Å²) in [4.78, 5) is 28.9. The van der Waals surface area contributed by atoms with Gasteiger partial charge in [0.2, 0.25) is 0 Å². The van der Waals surface area contributed by atoms with Crippen LogP contribution in [0, 0.1) is 17.9 Å². The molecule has 0 bridgehead atoms. The molecular formula is C31H39F3N8O. The molecular weight excluding hydrogens is 557 g/mol. The largest absolute Gasteiger partial charge is 0.407 e. The van der Waals surface area contributed by atoms with Crippen LogP contribution in [0.25, 0.3) is 4.85 Å². The van der Waals surface area contributed by atoms with Gasteiger partial charge in [0.15, 0.2) is 5.69 Å². The van der Waals surface area contributed by atoms with Crippen molar-refractivity contribution in [1.82, 2.24) is 20.1 Å². The van der Waals surface area contributed by atoms with E-state index in [0.29, 0.717) is 43.0 Å². The predicted octanol–water partition coefficient (Wildman–Crippen LogP) is 4.91. The first kappa shape index (κ1) is 29.5. The van der Waals surface area contributed by atoms with E-state index in [0.717, 1.165) is 44.0 Å². The molecule has 0 atom stereocenters. The molecule has 4 fully saturated rings. The van der Waals surface area contributed by atoms with Gasteiger partial charge in [-0.1, -0.05) is 6.07 Å². The minimum Gasteiger partial charge on any atom is -0.368 e. The standard InChI is InChI=1S/C31H39F3N8O/c1-35-27-4-3-25(18-26(27)31(32,33)34)40-14-16-42(17-15-40)29(43)38-24-2-5-28(37-19-24)41-12-6-23(7-13-41)20-39-21-30(22-39)8-10-36-11-9-30/h2-5,18-19,23,36H,6-17,20-22H2,(H,38,43). The molecule has 1 spiro atoms. The summed E-state index contributed by atoms with van der Waals surface area (Å²) in [7, 11) is 0. The molecule has 2 aromatic rings. The maximum absolute atomic E-state index is 13.4. The third kappa shape index (κ3) is 6.68. The second kappa shape index (κ2) is 12.2. The summed E-state index contributed by atoms with van der Waals surface area (Å²) in [5.74, 6) is 1.66. The SMILES string of the molecule is [C-]#[N+]c1ccc(N2CCN(C(=O)Nc3ccc(N4CCC(CN5CC6(CCNCC6)C5)CC4)nc3)CC2)cc1C(F)(F)F. The fourth-order valence-corrected chi connectivity index (χ4v) is 7.08. The zero-order valence-electron chi connectivity index (χ0n) is 24.4. The van der Waals surface area contributed by atoms with E-state index < -0.39 is 17.4 Å². The van der Waals surface area contributed by atoms with E-state index in [4.69, 9.17) is 6.57 Å². The molecule has 43 heavy (non-hydrogen) atoms. The molecule has 4 saturated heterocycles. The van der Waals surface area contributed by atoms with Gasteiger partial charge >= 0.3 is 12.2 Å². The number of carbonyl (C=O) groups excluding carboxylic acids is 1. The molecule has 2 amide bonds. The summed E-state index contributed by atoms with van der Waals surface area (Å²) in [6.07, 6.45) is 2.05. The van der Waals surface area contributed by atoms with Gasteiger partial charge in [0.05, 0.1) is 24.0 Å². The number of urea groups is 1. The number of anilines is 3. The average molecular weight is 597 g/mol. The molecule has 1 aromatic carbocycles. The summed E-state index contributed by atoms with van der Waals surface area (Å²) >= 11 is 0. The summed E-state index contributed by atoms with van der Waals surface area (Å²) in [5, 5.41) is 6.38. The van der Waals surface area contributed by atoms with E-state index in [9.17, 15) is 18.0 Å². The van der Waals surface area contributed by atoms with Gasteiger partial charge in [-0.15, -0.1) is 0 Å². The number of piperazine rings is 1. The zero-order valence-corrected chi connectivity index (χ0v) is 24.4. The van der Waals surface area contributed by atoms with Crippen molar-refractivity contribution in [2.24, 2.45) is 11.3 Å². The van der Waals surface area contributed by atoms with E-state index in [1.54, 1.807) is 16.0 Å². The number of amides is 2. The Bertz CT molecular complexity index is 1310. The summed E-state index contributed by atoms with van der Waals surface area (Å²) < 4.78 is 40.1.